The van der Waals surface area contributed by atoms with Gasteiger partial charge in [-0.2, -0.15) is 0 Å². The number of rotatable bonds is 2. The number of carboxylic acids is 1. The van der Waals surface area contributed by atoms with Crippen LogP contribution >= 0.6 is 0 Å². The number of carboxylic acid groups (broad SMARTS) is 1. The molecular weight excluding hydrogens is 356 g/mol. The van der Waals surface area contributed by atoms with Crippen molar-refractivity contribution in [2.45, 2.75) is 20.3 Å². The Morgan fingerprint density at radius 3 is 2.45 bits per heavy atom. The highest BCUT2D eigenvalue weighted by Crippen LogP contribution is 2.39. The van der Waals surface area contributed by atoms with Crippen LogP contribution in [-0.2, 0) is 0 Å². The Morgan fingerprint density at radius 1 is 0.966 bits per heavy atom. The summed E-state index contributed by atoms with van der Waals surface area (Å²) in [5.74, 6) is 5.61. The molecule has 3 aromatic rings. The van der Waals surface area contributed by atoms with E-state index < -0.39 is 5.97 Å². The minimum absolute atomic E-state index is 0.110. The molecule has 4 rings (SSSR count). The summed E-state index contributed by atoms with van der Waals surface area (Å²) in [5, 5.41) is 11.5. The zero-order valence-corrected chi connectivity index (χ0v) is 16.6. The molecule has 0 radical (unpaired) electrons. The highest BCUT2D eigenvalue weighted by Gasteiger charge is 2.22. The lowest BCUT2D eigenvalue weighted by atomic mass is 9.78. The van der Waals surface area contributed by atoms with Crippen LogP contribution in [0.15, 0.2) is 78.9 Å². The first-order valence-corrected chi connectivity index (χ1v) is 9.69. The topological polar surface area (TPSA) is 37.3 Å². The molecule has 0 atom stereocenters. The Morgan fingerprint density at radius 2 is 1.72 bits per heavy atom. The van der Waals surface area contributed by atoms with E-state index in [1.165, 1.54) is 21.9 Å². The number of aromatic carboxylic acids is 1. The van der Waals surface area contributed by atoms with E-state index in [4.69, 9.17) is 5.11 Å². The van der Waals surface area contributed by atoms with E-state index >= 15 is 0 Å². The van der Waals surface area contributed by atoms with Crippen LogP contribution in [0.2, 0.25) is 0 Å². The molecule has 2 nitrogen and oxygen atoms in total. The lowest BCUT2D eigenvalue weighted by molar-refractivity contribution is 0.0697. The highest BCUT2D eigenvalue weighted by atomic mass is 16.4. The number of carbonyl (C=O) groups is 1. The van der Waals surface area contributed by atoms with Crippen molar-refractivity contribution in [1.82, 2.24) is 0 Å². The molecule has 0 spiro atoms. The van der Waals surface area contributed by atoms with E-state index in [0.717, 1.165) is 17.5 Å². The van der Waals surface area contributed by atoms with Crippen molar-refractivity contribution in [3.8, 4) is 11.8 Å². The van der Waals surface area contributed by atoms with Gasteiger partial charge in [0, 0.05) is 16.7 Å². The van der Waals surface area contributed by atoms with Crippen molar-refractivity contribution in [1.29, 1.82) is 0 Å². The van der Waals surface area contributed by atoms with Gasteiger partial charge in [0.25, 0.3) is 0 Å². The number of hydrogen-bond acceptors (Lipinski definition) is 1. The SMILES string of the molecule is CC1(C)C=CC=C(c2c(C#Cc3ccc(C(=O)O)cc3)ccc3ccccc23)C1. The number of benzene rings is 3. The van der Waals surface area contributed by atoms with Gasteiger partial charge in [-0.25, -0.2) is 4.79 Å². The quantitative estimate of drug-likeness (QED) is 0.531. The summed E-state index contributed by atoms with van der Waals surface area (Å²) in [6.07, 6.45) is 7.54. The first-order chi connectivity index (χ1) is 13.9. The van der Waals surface area contributed by atoms with Gasteiger partial charge < -0.3 is 5.11 Å². The maximum atomic E-state index is 11.0. The van der Waals surface area contributed by atoms with Gasteiger partial charge in [0.2, 0.25) is 0 Å². The lowest BCUT2D eigenvalue weighted by Gasteiger charge is -2.26. The van der Waals surface area contributed by atoms with Gasteiger partial charge in [0.15, 0.2) is 0 Å². The van der Waals surface area contributed by atoms with Crippen LogP contribution < -0.4 is 0 Å². The maximum Gasteiger partial charge on any atom is 0.335 e. The van der Waals surface area contributed by atoms with Gasteiger partial charge in [-0.05, 0) is 58.5 Å². The van der Waals surface area contributed by atoms with E-state index in [2.05, 4.69) is 80.3 Å². The largest absolute Gasteiger partial charge is 0.478 e. The fraction of sp³-hybridized carbons (Fsp3) is 0.148. The van der Waals surface area contributed by atoms with E-state index in [1.807, 2.05) is 0 Å². The minimum Gasteiger partial charge on any atom is -0.478 e. The Kier molecular flexibility index (Phi) is 4.82. The minimum atomic E-state index is -0.929. The molecule has 0 amide bonds. The molecule has 2 heteroatoms. The molecule has 1 N–H and O–H groups in total. The summed E-state index contributed by atoms with van der Waals surface area (Å²) in [5.41, 5.74) is 4.65. The normalized spacial score (nSPS) is 14.8. The summed E-state index contributed by atoms with van der Waals surface area (Å²) in [6, 6.07) is 19.3. The standard InChI is InChI=1S/C27H22O2/c1-27(2)17-5-7-23(18-27)25-21(16-15-20-6-3-4-8-24(20)25)12-9-19-10-13-22(14-11-19)26(28)29/h3-8,10-11,13-17H,18H2,1-2H3,(H,28,29). The summed E-state index contributed by atoms with van der Waals surface area (Å²) < 4.78 is 0. The summed E-state index contributed by atoms with van der Waals surface area (Å²) in [4.78, 5) is 11.0. The van der Waals surface area contributed by atoms with Crippen molar-refractivity contribution in [3.05, 3.63) is 101 Å². The van der Waals surface area contributed by atoms with Gasteiger partial charge in [-0.1, -0.05) is 74.2 Å². The summed E-state index contributed by atoms with van der Waals surface area (Å²) >= 11 is 0. The molecular formula is C27H22O2. The number of hydrogen-bond donors (Lipinski definition) is 1. The van der Waals surface area contributed by atoms with Crippen molar-refractivity contribution < 1.29 is 9.90 Å². The highest BCUT2D eigenvalue weighted by molar-refractivity contribution is 5.97. The molecule has 29 heavy (non-hydrogen) atoms. The fourth-order valence-corrected chi connectivity index (χ4v) is 3.76. The molecule has 0 heterocycles. The molecule has 0 saturated carbocycles. The molecule has 1 aliphatic carbocycles. The zero-order valence-electron chi connectivity index (χ0n) is 16.6. The van der Waals surface area contributed by atoms with Crippen LogP contribution in [0.25, 0.3) is 16.3 Å². The lowest BCUT2D eigenvalue weighted by Crippen LogP contribution is -2.11. The van der Waals surface area contributed by atoms with Crippen LogP contribution in [0, 0.1) is 17.3 Å². The molecule has 0 aliphatic heterocycles. The van der Waals surface area contributed by atoms with Gasteiger partial charge in [-0.15, -0.1) is 0 Å². The Hall–Kier alpha value is -3.57. The third-order valence-electron chi connectivity index (χ3n) is 5.21. The zero-order chi connectivity index (χ0) is 20.4. The van der Waals surface area contributed by atoms with E-state index in [-0.39, 0.29) is 11.0 Å². The molecule has 0 bridgehead atoms. The second-order valence-electron chi connectivity index (χ2n) is 8.06. The molecule has 142 valence electrons. The third-order valence-corrected chi connectivity index (χ3v) is 5.21. The average Bonchev–Trinajstić information content (AvgIpc) is 2.71. The van der Waals surface area contributed by atoms with Crippen LogP contribution in [0.5, 0.6) is 0 Å². The first-order valence-electron chi connectivity index (χ1n) is 9.69. The van der Waals surface area contributed by atoms with Gasteiger partial charge in [-0.3, -0.25) is 0 Å². The molecule has 0 saturated heterocycles. The van der Waals surface area contributed by atoms with E-state index in [1.54, 1.807) is 24.3 Å². The molecule has 0 aromatic heterocycles. The Balaban J connectivity index is 1.82. The molecule has 1 aliphatic rings. The summed E-state index contributed by atoms with van der Waals surface area (Å²) in [7, 11) is 0. The van der Waals surface area contributed by atoms with Crippen molar-refractivity contribution in [3.63, 3.8) is 0 Å². The number of fused-ring (bicyclic) bond motifs is 1. The third kappa shape index (κ3) is 4.00. The predicted molar refractivity (Wildman–Crippen MR) is 119 cm³/mol. The predicted octanol–water partition coefficient (Wildman–Crippen LogP) is 6.31. The van der Waals surface area contributed by atoms with Crippen LogP contribution in [-0.4, -0.2) is 11.1 Å². The second-order valence-corrected chi connectivity index (χ2v) is 8.06. The van der Waals surface area contributed by atoms with Crippen molar-refractivity contribution >= 4 is 22.3 Å². The van der Waals surface area contributed by atoms with Crippen LogP contribution in [0.3, 0.4) is 0 Å². The van der Waals surface area contributed by atoms with Crippen LogP contribution in [0.1, 0.15) is 47.3 Å². The molecule has 0 unspecified atom stereocenters. The van der Waals surface area contributed by atoms with Crippen molar-refractivity contribution in [2.24, 2.45) is 5.41 Å². The van der Waals surface area contributed by atoms with E-state index in [9.17, 15) is 4.79 Å². The van der Waals surface area contributed by atoms with Crippen molar-refractivity contribution in [2.75, 3.05) is 0 Å². The maximum absolute atomic E-state index is 11.0. The average molecular weight is 378 g/mol. The Labute approximate surface area is 171 Å². The van der Waals surface area contributed by atoms with E-state index in [0.29, 0.717) is 0 Å². The smallest absolute Gasteiger partial charge is 0.335 e. The van der Waals surface area contributed by atoms with Gasteiger partial charge >= 0.3 is 5.97 Å². The van der Waals surface area contributed by atoms with Gasteiger partial charge in [0.05, 0.1) is 5.56 Å². The monoisotopic (exact) mass is 378 g/mol. The molecule has 0 fully saturated rings. The van der Waals surface area contributed by atoms with Crippen LogP contribution in [0.4, 0.5) is 0 Å². The fourth-order valence-electron chi connectivity index (χ4n) is 3.76. The van der Waals surface area contributed by atoms with Gasteiger partial charge in [0.1, 0.15) is 0 Å². The summed E-state index contributed by atoms with van der Waals surface area (Å²) in [6.45, 7) is 4.49. The first kappa shape index (κ1) is 18.8. The number of allylic oxidation sites excluding steroid dienone is 4. The Bertz CT molecular complexity index is 1210. The molecule has 3 aromatic carbocycles. The second kappa shape index (κ2) is 7.45.